The summed E-state index contributed by atoms with van der Waals surface area (Å²) in [5.74, 6) is 1.51. The van der Waals surface area contributed by atoms with Gasteiger partial charge in [0.05, 0.1) is 14.2 Å². The van der Waals surface area contributed by atoms with Gasteiger partial charge < -0.3 is 14.8 Å². The Hall–Kier alpha value is -1.65. The van der Waals surface area contributed by atoms with Gasteiger partial charge in [-0.15, -0.1) is 0 Å². The van der Waals surface area contributed by atoms with Crippen LogP contribution in [0.2, 0.25) is 0 Å². The zero-order valence-electron chi connectivity index (χ0n) is 13.6. The minimum absolute atomic E-state index is 0.451. The molecule has 0 saturated heterocycles. The Morgan fingerprint density at radius 3 is 2.45 bits per heavy atom. The standard InChI is InChI=1S/C18H23NO2S/c1-13(19-2)11-14-7-5-6-8-18(14)22-15-9-10-16(20-3)17(12-15)21-4/h5-10,12-13,19H,11H2,1-4H3. The Morgan fingerprint density at radius 1 is 1.05 bits per heavy atom. The van der Waals surface area contributed by atoms with E-state index in [4.69, 9.17) is 9.47 Å². The largest absolute Gasteiger partial charge is 0.493 e. The fraction of sp³-hybridized carbons (Fsp3) is 0.333. The number of hydrogen-bond acceptors (Lipinski definition) is 4. The van der Waals surface area contributed by atoms with Crippen molar-refractivity contribution in [2.45, 2.75) is 29.2 Å². The van der Waals surface area contributed by atoms with Crippen LogP contribution in [-0.4, -0.2) is 27.3 Å². The maximum atomic E-state index is 5.38. The summed E-state index contributed by atoms with van der Waals surface area (Å²) in [6.45, 7) is 2.19. The van der Waals surface area contributed by atoms with E-state index in [1.165, 1.54) is 10.5 Å². The van der Waals surface area contributed by atoms with Crippen LogP contribution >= 0.6 is 11.8 Å². The number of ether oxygens (including phenoxy) is 2. The molecule has 0 aliphatic carbocycles. The quantitative estimate of drug-likeness (QED) is 0.836. The van der Waals surface area contributed by atoms with Crippen molar-refractivity contribution < 1.29 is 9.47 Å². The van der Waals surface area contributed by atoms with Crippen LogP contribution in [0, 0.1) is 0 Å². The molecule has 0 bridgehead atoms. The Balaban J connectivity index is 2.23. The van der Waals surface area contributed by atoms with Crippen LogP contribution in [0.5, 0.6) is 11.5 Å². The van der Waals surface area contributed by atoms with Crippen LogP contribution in [-0.2, 0) is 6.42 Å². The first-order valence-corrected chi connectivity index (χ1v) is 8.14. The SMILES string of the molecule is CNC(C)Cc1ccccc1Sc1ccc(OC)c(OC)c1. The molecule has 118 valence electrons. The number of rotatable bonds is 7. The summed E-state index contributed by atoms with van der Waals surface area (Å²) in [6, 6.07) is 15.0. The summed E-state index contributed by atoms with van der Waals surface area (Å²) in [5, 5.41) is 3.29. The highest BCUT2D eigenvalue weighted by atomic mass is 32.2. The van der Waals surface area contributed by atoms with E-state index >= 15 is 0 Å². The maximum absolute atomic E-state index is 5.38. The van der Waals surface area contributed by atoms with Crippen molar-refractivity contribution in [1.29, 1.82) is 0 Å². The van der Waals surface area contributed by atoms with Crippen LogP contribution in [0.4, 0.5) is 0 Å². The first-order valence-electron chi connectivity index (χ1n) is 7.33. The number of likely N-dealkylation sites (N-methyl/N-ethyl adjacent to an activating group) is 1. The van der Waals surface area contributed by atoms with E-state index < -0.39 is 0 Å². The lowest BCUT2D eigenvalue weighted by Gasteiger charge is -2.14. The first-order chi connectivity index (χ1) is 10.7. The fourth-order valence-electron chi connectivity index (χ4n) is 2.21. The third-order valence-electron chi connectivity index (χ3n) is 3.57. The van der Waals surface area contributed by atoms with Crippen LogP contribution < -0.4 is 14.8 Å². The summed E-state index contributed by atoms with van der Waals surface area (Å²) in [5.41, 5.74) is 1.35. The third kappa shape index (κ3) is 4.18. The van der Waals surface area contributed by atoms with E-state index in [0.717, 1.165) is 22.8 Å². The predicted octanol–water partition coefficient (Wildman–Crippen LogP) is 4.01. The zero-order chi connectivity index (χ0) is 15.9. The fourth-order valence-corrected chi connectivity index (χ4v) is 3.20. The second-order valence-electron chi connectivity index (χ2n) is 5.12. The van der Waals surface area contributed by atoms with E-state index in [9.17, 15) is 0 Å². The Labute approximate surface area is 137 Å². The molecular formula is C18H23NO2S. The van der Waals surface area contributed by atoms with Crippen molar-refractivity contribution in [3.05, 3.63) is 48.0 Å². The predicted molar refractivity (Wildman–Crippen MR) is 92.3 cm³/mol. The van der Waals surface area contributed by atoms with Crippen LogP contribution in [0.25, 0.3) is 0 Å². The van der Waals surface area contributed by atoms with Crippen molar-refractivity contribution in [3.8, 4) is 11.5 Å². The molecule has 22 heavy (non-hydrogen) atoms. The summed E-state index contributed by atoms with van der Waals surface area (Å²) in [6.07, 6.45) is 1.01. The van der Waals surface area contributed by atoms with Gasteiger partial charge in [0.15, 0.2) is 11.5 Å². The average Bonchev–Trinajstić information content (AvgIpc) is 2.56. The van der Waals surface area contributed by atoms with Gasteiger partial charge in [-0.25, -0.2) is 0 Å². The number of nitrogens with one attached hydrogen (secondary N) is 1. The van der Waals surface area contributed by atoms with Gasteiger partial charge in [-0.1, -0.05) is 30.0 Å². The highest BCUT2D eigenvalue weighted by Gasteiger charge is 2.10. The summed E-state index contributed by atoms with van der Waals surface area (Å²) in [7, 11) is 5.31. The second kappa shape index (κ2) is 8.11. The Bertz CT molecular complexity index is 616. The van der Waals surface area contributed by atoms with E-state index in [0.29, 0.717) is 6.04 Å². The van der Waals surface area contributed by atoms with Crippen molar-refractivity contribution in [1.82, 2.24) is 5.32 Å². The monoisotopic (exact) mass is 317 g/mol. The molecule has 2 aromatic carbocycles. The number of benzene rings is 2. The summed E-state index contributed by atoms with van der Waals surface area (Å²) in [4.78, 5) is 2.42. The van der Waals surface area contributed by atoms with Gasteiger partial charge in [-0.2, -0.15) is 0 Å². The molecule has 0 radical (unpaired) electrons. The first kappa shape index (κ1) is 16.7. The Morgan fingerprint density at radius 2 is 1.77 bits per heavy atom. The molecule has 3 nitrogen and oxygen atoms in total. The maximum Gasteiger partial charge on any atom is 0.161 e. The van der Waals surface area contributed by atoms with Crippen molar-refractivity contribution >= 4 is 11.8 Å². The van der Waals surface area contributed by atoms with Crippen molar-refractivity contribution in [3.63, 3.8) is 0 Å². The van der Waals surface area contributed by atoms with Crippen molar-refractivity contribution in [2.75, 3.05) is 21.3 Å². The van der Waals surface area contributed by atoms with Gasteiger partial charge >= 0.3 is 0 Å². The molecule has 0 heterocycles. The molecule has 1 unspecified atom stereocenters. The third-order valence-corrected chi connectivity index (χ3v) is 4.68. The molecule has 0 saturated carbocycles. The lowest BCUT2D eigenvalue weighted by Crippen LogP contribution is -2.23. The molecule has 0 spiro atoms. The molecular weight excluding hydrogens is 294 g/mol. The second-order valence-corrected chi connectivity index (χ2v) is 6.24. The normalized spacial score (nSPS) is 12.0. The zero-order valence-corrected chi connectivity index (χ0v) is 14.4. The average molecular weight is 317 g/mol. The van der Waals surface area contributed by atoms with E-state index in [1.807, 2.05) is 19.2 Å². The van der Waals surface area contributed by atoms with Gasteiger partial charge in [0.2, 0.25) is 0 Å². The molecule has 1 N–H and O–H groups in total. The number of methoxy groups -OCH3 is 2. The highest BCUT2D eigenvalue weighted by molar-refractivity contribution is 7.99. The van der Waals surface area contributed by atoms with E-state index in [2.05, 4.69) is 42.6 Å². The molecule has 0 aliphatic rings. The molecule has 0 aliphatic heterocycles. The topological polar surface area (TPSA) is 30.5 Å². The van der Waals surface area contributed by atoms with Crippen LogP contribution in [0.15, 0.2) is 52.3 Å². The minimum atomic E-state index is 0.451. The van der Waals surface area contributed by atoms with Gasteiger partial charge in [0, 0.05) is 15.8 Å². The van der Waals surface area contributed by atoms with Crippen LogP contribution in [0.3, 0.4) is 0 Å². The summed E-state index contributed by atoms with van der Waals surface area (Å²) >= 11 is 1.75. The molecule has 0 aromatic heterocycles. The van der Waals surface area contributed by atoms with Gasteiger partial charge in [0.1, 0.15) is 0 Å². The lowest BCUT2D eigenvalue weighted by atomic mass is 10.1. The number of hydrogen-bond donors (Lipinski definition) is 1. The van der Waals surface area contributed by atoms with E-state index in [-0.39, 0.29) is 0 Å². The highest BCUT2D eigenvalue weighted by Crippen LogP contribution is 2.36. The molecule has 4 heteroatoms. The lowest BCUT2D eigenvalue weighted by molar-refractivity contribution is 0.354. The van der Waals surface area contributed by atoms with Gasteiger partial charge in [-0.05, 0) is 50.2 Å². The molecule has 0 amide bonds. The van der Waals surface area contributed by atoms with Crippen LogP contribution in [0.1, 0.15) is 12.5 Å². The molecule has 2 rings (SSSR count). The minimum Gasteiger partial charge on any atom is -0.493 e. The van der Waals surface area contributed by atoms with Crippen molar-refractivity contribution in [2.24, 2.45) is 0 Å². The Kier molecular flexibility index (Phi) is 6.16. The molecule has 0 fully saturated rings. The smallest absolute Gasteiger partial charge is 0.161 e. The van der Waals surface area contributed by atoms with Gasteiger partial charge in [0.25, 0.3) is 0 Å². The van der Waals surface area contributed by atoms with Gasteiger partial charge in [-0.3, -0.25) is 0 Å². The van der Waals surface area contributed by atoms with E-state index in [1.54, 1.807) is 26.0 Å². The summed E-state index contributed by atoms with van der Waals surface area (Å²) < 4.78 is 10.7. The molecule has 1 atom stereocenters. The molecule has 2 aromatic rings.